The molecule has 0 saturated carbocycles. The van der Waals surface area contributed by atoms with Crippen LogP contribution in [-0.4, -0.2) is 24.3 Å². The molecule has 0 amide bonds. The maximum absolute atomic E-state index is 13.0. The number of methoxy groups -OCH3 is 1. The van der Waals surface area contributed by atoms with Crippen molar-refractivity contribution < 1.29 is 9.53 Å². The standard InChI is InChI=1S/C23H20N2O2/c1-17(18-13-15-21(27-2)16-14-18)24-25-22(19-9-5-3-6-10-19)23(26)20-11-7-4-8-12-20/h3-16H,1-2H3/b24-17-,25-22-. The molecule has 0 radical (unpaired) electrons. The minimum atomic E-state index is -0.159. The molecule has 0 aliphatic carbocycles. The van der Waals surface area contributed by atoms with Gasteiger partial charge in [0.05, 0.1) is 12.8 Å². The van der Waals surface area contributed by atoms with Crippen LogP contribution >= 0.6 is 0 Å². The van der Waals surface area contributed by atoms with Crippen LogP contribution in [0.3, 0.4) is 0 Å². The summed E-state index contributed by atoms with van der Waals surface area (Å²) < 4.78 is 5.17. The van der Waals surface area contributed by atoms with Gasteiger partial charge in [0, 0.05) is 11.1 Å². The van der Waals surface area contributed by atoms with Crippen LogP contribution in [0.15, 0.2) is 95.1 Å². The Morgan fingerprint density at radius 3 is 1.81 bits per heavy atom. The number of hydrogen-bond acceptors (Lipinski definition) is 4. The SMILES string of the molecule is COc1ccc(/C(C)=N\N=C(/C(=O)c2ccccc2)c2ccccc2)cc1. The molecule has 4 nitrogen and oxygen atoms in total. The fourth-order valence-electron chi connectivity index (χ4n) is 2.57. The third kappa shape index (κ3) is 4.55. The first-order chi connectivity index (χ1) is 13.2. The molecule has 0 heterocycles. The number of benzene rings is 3. The highest BCUT2D eigenvalue weighted by Crippen LogP contribution is 2.13. The van der Waals surface area contributed by atoms with Crippen LogP contribution in [0.5, 0.6) is 5.75 Å². The maximum Gasteiger partial charge on any atom is 0.213 e. The van der Waals surface area contributed by atoms with Crippen molar-refractivity contribution in [2.75, 3.05) is 7.11 Å². The Balaban J connectivity index is 1.98. The van der Waals surface area contributed by atoms with Gasteiger partial charge < -0.3 is 4.74 Å². The van der Waals surface area contributed by atoms with Gasteiger partial charge in [-0.2, -0.15) is 5.10 Å². The summed E-state index contributed by atoms with van der Waals surface area (Å²) in [6, 6.07) is 26.0. The number of Topliss-reactive ketones (excluding diaryl/α,β-unsaturated/α-hetero) is 1. The van der Waals surface area contributed by atoms with Gasteiger partial charge in [0.2, 0.25) is 5.78 Å². The number of carbonyl (C=O) groups is 1. The highest BCUT2D eigenvalue weighted by atomic mass is 16.5. The summed E-state index contributed by atoms with van der Waals surface area (Å²) >= 11 is 0. The second-order valence-electron chi connectivity index (χ2n) is 5.92. The van der Waals surface area contributed by atoms with Gasteiger partial charge in [0.1, 0.15) is 11.5 Å². The van der Waals surface area contributed by atoms with Gasteiger partial charge in [-0.1, -0.05) is 60.7 Å². The van der Waals surface area contributed by atoms with Crippen molar-refractivity contribution in [2.24, 2.45) is 10.2 Å². The van der Waals surface area contributed by atoms with Gasteiger partial charge in [-0.15, -0.1) is 5.10 Å². The molecule has 0 N–H and O–H groups in total. The maximum atomic E-state index is 13.0. The molecule has 0 unspecified atom stereocenters. The first-order valence-corrected chi connectivity index (χ1v) is 8.61. The Bertz CT molecular complexity index is 960. The number of ketones is 1. The smallest absolute Gasteiger partial charge is 0.213 e. The van der Waals surface area contributed by atoms with Gasteiger partial charge in [0.25, 0.3) is 0 Å². The number of ether oxygens (including phenoxy) is 1. The molecule has 0 aromatic heterocycles. The minimum Gasteiger partial charge on any atom is -0.497 e. The fraction of sp³-hybridized carbons (Fsp3) is 0.0870. The topological polar surface area (TPSA) is 51.0 Å². The average molecular weight is 356 g/mol. The largest absolute Gasteiger partial charge is 0.497 e. The summed E-state index contributed by atoms with van der Waals surface area (Å²) in [5, 5.41) is 8.63. The molecule has 27 heavy (non-hydrogen) atoms. The van der Waals surface area contributed by atoms with Gasteiger partial charge in [-0.3, -0.25) is 4.79 Å². The zero-order valence-electron chi connectivity index (χ0n) is 15.3. The molecule has 3 aromatic carbocycles. The van der Waals surface area contributed by atoms with Gasteiger partial charge >= 0.3 is 0 Å². The predicted octanol–water partition coefficient (Wildman–Crippen LogP) is 4.79. The number of hydrogen-bond donors (Lipinski definition) is 0. The molecule has 4 heteroatoms. The van der Waals surface area contributed by atoms with E-state index in [0.29, 0.717) is 17.0 Å². The molecule has 0 fully saturated rings. The summed E-state index contributed by atoms with van der Waals surface area (Å²) in [5.41, 5.74) is 3.26. The average Bonchev–Trinajstić information content (AvgIpc) is 2.75. The lowest BCUT2D eigenvalue weighted by Gasteiger charge is -2.06. The van der Waals surface area contributed by atoms with E-state index in [4.69, 9.17) is 4.74 Å². The van der Waals surface area contributed by atoms with Crippen LogP contribution < -0.4 is 4.74 Å². The van der Waals surface area contributed by atoms with Crippen molar-refractivity contribution in [1.82, 2.24) is 0 Å². The molecule has 0 aliphatic rings. The Morgan fingerprint density at radius 1 is 0.704 bits per heavy atom. The van der Waals surface area contributed by atoms with E-state index in [2.05, 4.69) is 10.2 Å². The Labute approximate surface area is 158 Å². The third-order valence-corrected chi connectivity index (χ3v) is 4.11. The molecule has 3 aromatic rings. The number of nitrogens with zero attached hydrogens (tertiary/aromatic N) is 2. The lowest BCUT2D eigenvalue weighted by atomic mass is 10.0. The third-order valence-electron chi connectivity index (χ3n) is 4.11. The predicted molar refractivity (Wildman–Crippen MR) is 109 cm³/mol. The minimum absolute atomic E-state index is 0.159. The fourth-order valence-corrected chi connectivity index (χ4v) is 2.57. The molecule has 3 rings (SSSR count). The van der Waals surface area contributed by atoms with E-state index >= 15 is 0 Å². The second kappa shape index (κ2) is 8.72. The van der Waals surface area contributed by atoms with E-state index in [1.165, 1.54) is 0 Å². The Morgan fingerprint density at radius 2 is 1.26 bits per heavy atom. The molecule has 0 spiro atoms. The highest BCUT2D eigenvalue weighted by molar-refractivity contribution is 6.51. The van der Waals surface area contributed by atoms with E-state index in [0.717, 1.165) is 16.9 Å². The van der Waals surface area contributed by atoms with E-state index in [1.807, 2.05) is 79.7 Å². The first kappa shape index (κ1) is 18.3. The van der Waals surface area contributed by atoms with E-state index < -0.39 is 0 Å². The first-order valence-electron chi connectivity index (χ1n) is 8.61. The van der Waals surface area contributed by atoms with Crippen LogP contribution in [0, 0.1) is 0 Å². The summed E-state index contributed by atoms with van der Waals surface area (Å²) in [4.78, 5) is 13.0. The molecule has 0 atom stereocenters. The number of carbonyl (C=O) groups excluding carboxylic acids is 1. The summed E-state index contributed by atoms with van der Waals surface area (Å²) in [5.74, 6) is 0.618. The van der Waals surface area contributed by atoms with Crippen LogP contribution in [0.25, 0.3) is 0 Å². The van der Waals surface area contributed by atoms with Crippen molar-refractivity contribution in [3.05, 3.63) is 102 Å². The molecule has 0 bridgehead atoms. The van der Waals surface area contributed by atoms with Crippen LogP contribution in [0.4, 0.5) is 0 Å². The van der Waals surface area contributed by atoms with E-state index in [9.17, 15) is 4.79 Å². The van der Waals surface area contributed by atoms with Crippen LogP contribution in [0.1, 0.15) is 28.4 Å². The molecular weight excluding hydrogens is 336 g/mol. The zero-order valence-corrected chi connectivity index (χ0v) is 15.3. The lowest BCUT2D eigenvalue weighted by Crippen LogP contribution is -2.15. The van der Waals surface area contributed by atoms with Crippen LogP contribution in [-0.2, 0) is 0 Å². The summed E-state index contributed by atoms with van der Waals surface area (Å²) in [6.07, 6.45) is 0. The van der Waals surface area contributed by atoms with Crippen LogP contribution in [0.2, 0.25) is 0 Å². The molecule has 0 saturated heterocycles. The monoisotopic (exact) mass is 356 g/mol. The van der Waals surface area contributed by atoms with Gasteiger partial charge in [-0.25, -0.2) is 0 Å². The Kier molecular flexibility index (Phi) is 5.90. The van der Waals surface area contributed by atoms with Crippen molar-refractivity contribution in [1.29, 1.82) is 0 Å². The van der Waals surface area contributed by atoms with E-state index in [-0.39, 0.29) is 5.78 Å². The highest BCUT2D eigenvalue weighted by Gasteiger charge is 2.16. The van der Waals surface area contributed by atoms with E-state index in [1.54, 1.807) is 19.2 Å². The van der Waals surface area contributed by atoms with Crippen molar-refractivity contribution in [2.45, 2.75) is 6.92 Å². The summed E-state index contributed by atoms with van der Waals surface area (Å²) in [7, 11) is 1.63. The summed E-state index contributed by atoms with van der Waals surface area (Å²) in [6.45, 7) is 1.86. The lowest BCUT2D eigenvalue weighted by molar-refractivity contribution is 0.106. The van der Waals surface area contributed by atoms with Crippen molar-refractivity contribution >= 4 is 17.2 Å². The molecule has 134 valence electrons. The van der Waals surface area contributed by atoms with Crippen molar-refractivity contribution in [3.8, 4) is 5.75 Å². The molecular formula is C23H20N2O2. The second-order valence-corrected chi connectivity index (χ2v) is 5.92. The normalized spacial score (nSPS) is 11.9. The zero-order chi connectivity index (χ0) is 19.1. The molecule has 0 aliphatic heterocycles. The van der Waals surface area contributed by atoms with Crippen molar-refractivity contribution in [3.63, 3.8) is 0 Å². The van der Waals surface area contributed by atoms with Gasteiger partial charge in [0.15, 0.2) is 0 Å². The number of rotatable bonds is 6. The van der Waals surface area contributed by atoms with Gasteiger partial charge in [-0.05, 0) is 36.8 Å². The quantitative estimate of drug-likeness (QED) is 0.362. The Hall–Kier alpha value is -3.53.